The topological polar surface area (TPSA) is 108 Å². The minimum Gasteiger partial charge on any atom is -0.467 e. The Balaban J connectivity index is 2.39. The second-order valence-corrected chi connectivity index (χ2v) is 8.30. The van der Waals surface area contributed by atoms with Gasteiger partial charge in [0.05, 0.1) is 20.3 Å². The minimum atomic E-state index is -1.28. The van der Waals surface area contributed by atoms with Gasteiger partial charge in [0.2, 0.25) is 0 Å². The lowest BCUT2D eigenvalue weighted by molar-refractivity contribution is -0.147. The first-order chi connectivity index (χ1) is 15.6. The van der Waals surface area contributed by atoms with Crippen LogP contribution in [0.25, 0.3) is 0 Å². The molecule has 9 heteroatoms. The molecule has 0 fully saturated rings. The van der Waals surface area contributed by atoms with E-state index in [9.17, 15) is 19.5 Å². The first-order valence-corrected chi connectivity index (χ1v) is 10.5. The zero-order valence-electron chi connectivity index (χ0n) is 19.4. The first kappa shape index (κ1) is 25.7. The number of ether oxygens (including phenoxy) is 2. The van der Waals surface area contributed by atoms with Crippen LogP contribution in [0, 0.1) is 0 Å². The lowest BCUT2D eigenvalue weighted by atomic mass is 10.1. The van der Waals surface area contributed by atoms with Gasteiger partial charge in [-0.05, 0) is 31.9 Å². The van der Waals surface area contributed by atoms with E-state index in [1.54, 1.807) is 69.3 Å². The number of rotatable bonds is 7. The third-order valence-electron chi connectivity index (χ3n) is 4.50. The number of aliphatic hydroxyl groups is 1. The summed E-state index contributed by atoms with van der Waals surface area (Å²) >= 11 is 0. The Hall–Kier alpha value is -3.59. The van der Waals surface area contributed by atoms with Gasteiger partial charge in [-0.1, -0.05) is 60.7 Å². The lowest BCUT2D eigenvalue weighted by Crippen LogP contribution is -2.57. The molecular formula is C24H31N3O6. The molecule has 0 bridgehead atoms. The van der Waals surface area contributed by atoms with Crippen molar-refractivity contribution in [1.29, 1.82) is 0 Å². The fourth-order valence-corrected chi connectivity index (χ4v) is 3.01. The highest BCUT2D eigenvalue weighted by Crippen LogP contribution is 2.15. The van der Waals surface area contributed by atoms with Gasteiger partial charge in [0.15, 0.2) is 6.04 Å². The molecule has 178 valence electrons. The number of benzene rings is 2. The van der Waals surface area contributed by atoms with Crippen LogP contribution < -0.4 is 5.43 Å². The van der Waals surface area contributed by atoms with Crippen LogP contribution >= 0.6 is 0 Å². The Kier molecular flexibility index (Phi) is 9.23. The molecule has 33 heavy (non-hydrogen) atoms. The highest BCUT2D eigenvalue weighted by molar-refractivity contribution is 5.85. The molecule has 2 aromatic rings. The average Bonchev–Trinajstić information content (AvgIpc) is 2.78. The highest BCUT2D eigenvalue weighted by Gasteiger charge is 2.34. The van der Waals surface area contributed by atoms with E-state index in [0.29, 0.717) is 0 Å². The van der Waals surface area contributed by atoms with Crippen LogP contribution in [0.3, 0.4) is 0 Å². The van der Waals surface area contributed by atoms with E-state index in [-0.39, 0.29) is 13.1 Å². The zero-order valence-corrected chi connectivity index (χ0v) is 19.4. The van der Waals surface area contributed by atoms with E-state index in [4.69, 9.17) is 9.47 Å². The number of carbonyl (C=O) groups excluding carboxylic acids is 3. The first-order valence-electron chi connectivity index (χ1n) is 10.5. The normalized spacial score (nSPS) is 11.8. The highest BCUT2D eigenvalue weighted by atomic mass is 16.6. The lowest BCUT2D eigenvalue weighted by Gasteiger charge is -2.34. The molecular weight excluding hydrogens is 426 g/mol. The number of nitrogens with one attached hydrogen (secondary N) is 1. The van der Waals surface area contributed by atoms with Gasteiger partial charge >= 0.3 is 18.1 Å². The molecule has 0 unspecified atom stereocenters. The standard InChI is InChI=1S/C24H31N3O6/c1-24(2,3)33-22(30)25-27(16-19-13-9-6-10-14-19)23(31)26(20(17-28)21(29)32-4)15-18-11-7-5-8-12-18/h5-14,20,28H,15-17H2,1-4H3,(H,25,30)/t20-/m1/s1. The van der Waals surface area contributed by atoms with Crippen LogP contribution in [0.4, 0.5) is 9.59 Å². The molecule has 2 N–H and O–H groups in total. The van der Waals surface area contributed by atoms with Gasteiger partial charge < -0.3 is 19.5 Å². The van der Waals surface area contributed by atoms with Gasteiger partial charge in [-0.25, -0.2) is 24.8 Å². The van der Waals surface area contributed by atoms with E-state index in [0.717, 1.165) is 21.0 Å². The fourth-order valence-electron chi connectivity index (χ4n) is 3.01. The quantitative estimate of drug-likeness (QED) is 0.489. The van der Waals surface area contributed by atoms with Crippen molar-refractivity contribution in [2.24, 2.45) is 0 Å². The van der Waals surface area contributed by atoms with Crippen LogP contribution in [0.1, 0.15) is 31.9 Å². The second-order valence-electron chi connectivity index (χ2n) is 8.30. The van der Waals surface area contributed by atoms with Crippen molar-refractivity contribution >= 4 is 18.1 Å². The van der Waals surface area contributed by atoms with Crippen LogP contribution in [0.2, 0.25) is 0 Å². The van der Waals surface area contributed by atoms with Crippen LogP contribution in [0.5, 0.6) is 0 Å². The van der Waals surface area contributed by atoms with E-state index in [1.165, 1.54) is 7.11 Å². The Morgan fingerprint density at radius 3 is 1.91 bits per heavy atom. The smallest absolute Gasteiger partial charge is 0.426 e. The van der Waals surface area contributed by atoms with Crippen LogP contribution in [0.15, 0.2) is 60.7 Å². The van der Waals surface area contributed by atoms with Crippen LogP contribution in [-0.4, -0.2) is 58.5 Å². The van der Waals surface area contributed by atoms with Crippen molar-refractivity contribution in [3.63, 3.8) is 0 Å². The maximum absolute atomic E-state index is 13.6. The van der Waals surface area contributed by atoms with Gasteiger partial charge in [0, 0.05) is 6.54 Å². The third kappa shape index (κ3) is 8.12. The van der Waals surface area contributed by atoms with Crippen LogP contribution in [-0.2, 0) is 27.4 Å². The summed E-state index contributed by atoms with van der Waals surface area (Å²) in [6, 6.07) is 16.0. The molecule has 0 aliphatic carbocycles. The van der Waals surface area contributed by atoms with E-state index >= 15 is 0 Å². The van der Waals surface area contributed by atoms with Gasteiger partial charge in [-0.2, -0.15) is 0 Å². The summed E-state index contributed by atoms with van der Waals surface area (Å²) in [6.07, 6.45) is -0.829. The number of nitrogens with zero attached hydrogens (tertiary/aromatic N) is 2. The molecule has 0 aliphatic heterocycles. The summed E-state index contributed by atoms with van der Waals surface area (Å²) in [7, 11) is 1.18. The molecule has 2 aromatic carbocycles. The van der Waals surface area contributed by atoms with Crippen molar-refractivity contribution in [2.75, 3.05) is 13.7 Å². The van der Waals surface area contributed by atoms with Gasteiger partial charge in [0.25, 0.3) is 0 Å². The maximum atomic E-state index is 13.6. The molecule has 9 nitrogen and oxygen atoms in total. The largest absolute Gasteiger partial charge is 0.467 e. The Labute approximate surface area is 193 Å². The van der Waals surface area contributed by atoms with Crippen molar-refractivity contribution in [3.05, 3.63) is 71.8 Å². The summed E-state index contributed by atoms with van der Waals surface area (Å²) < 4.78 is 10.1. The molecule has 0 saturated heterocycles. The minimum absolute atomic E-state index is 0.00128. The number of esters is 1. The maximum Gasteiger partial charge on any atom is 0.426 e. The molecule has 1 atom stereocenters. The fraction of sp³-hybridized carbons (Fsp3) is 0.375. The van der Waals surface area contributed by atoms with Crippen molar-refractivity contribution in [2.45, 2.75) is 45.5 Å². The van der Waals surface area contributed by atoms with E-state index in [1.807, 2.05) is 12.1 Å². The molecule has 3 amide bonds. The summed E-state index contributed by atoms with van der Waals surface area (Å²) in [5, 5.41) is 11.0. The summed E-state index contributed by atoms with van der Waals surface area (Å²) in [6.45, 7) is 4.46. The monoisotopic (exact) mass is 457 g/mol. The molecule has 2 rings (SSSR count). The number of hydrazine groups is 1. The predicted molar refractivity (Wildman–Crippen MR) is 122 cm³/mol. The molecule has 0 spiro atoms. The Bertz CT molecular complexity index is 915. The molecule has 0 aliphatic rings. The number of aliphatic hydroxyl groups excluding tert-OH is 1. The second kappa shape index (κ2) is 11.9. The van der Waals surface area contributed by atoms with E-state index in [2.05, 4.69) is 5.43 Å². The molecule has 0 heterocycles. The van der Waals surface area contributed by atoms with E-state index < -0.39 is 36.3 Å². The molecule has 0 aromatic heterocycles. The Morgan fingerprint density at radius 1 is 0.939 bits per heavy atom. The third-order valence-corrected chi connectivity index (χ3v) is 4.50. The number of hydrogen-bond acceptors (Lipinski definition) is 6. The zero-order chi connectivity index (χ0) is 24.4. The SMILES string of the molecule is COC(=O)[C@@H](CO)N(Cc1ccccc1)C(=O)N(Cc1ccccc1)NC(=O)OC(C)(C)C. The number of hydrogen-bond donors (Lipinski definition) is 2. The summed E-state index contributed by atoms with van der Waals surface area (Å²) in [4.78, 5) is 39.6. The summed E-state index contributed by atoms with van der Waals surface area (Å²) in [5.74, 6) is -0.779. The van der Waals surface area contributed by atoms with Gasteiger partial charge in [0.1, 0.15) is 5.60 Å². The average molecular weight is 458 g/mol. The van der Waals surface area contributed by atoms with Gasteiger partial charge in [-0.3, -0.25) is 0 Å². The summed E-state index contributed by atoms with van der Waals surface area (Å²) in [5.41, 5.74) is 3.15. The number of carbonyl (C=O) groups is 3. The number of urea groups is 1. The number of amides is 3. The van der Waals surface area contributed by atoms with Crippen molar-refractivity contribution in [1.82, 2.24) is 15.3 Å². The molecule has 0 radical (unpaired) electrons. The molecule has 0 saturated carbocycles. The van der Waals surface area contributed by atoms with Crippen molar-refractivity contribution in [3.8, 4) is 0 Å². The Morgan fingerprint density at radius 2 is 1.45 bits per heavy atom. The van der Waals surface area contributed by atoms with Gasteiger partial charge in [-0.15, -0.1) is 0 Å². The predicted octanol–water partition coefficient (Wildman–Crippen LogP) is 3.08. The van der Waals surface area contributed by atoms with Crippen molar-refractivity contribution < 1.29 is 29.0 Å². The number of methoxy groups -OCH3 is 1.